The Hall–Kier alpha value is -2.49. The molecule has 2 aliphatic rings. The normalized spacial score (nSPS) is 16.5. The summed E-state index contributed by atoms with van der Waals surface area (Å²) in [6, 6.07) is 26.5. The largest absolute Gasteiger partial charge is 0.306 e. The maximum absolute atomic E-state index is 13.4. The average molecular weight is 680 g/mol. The quantitative estimate of drug-likeness (QED) is 0.103. The molecule has 6 rings (SSSR count). The van der Waals surface area contributed by atoms with Crippen molar-refractivity contribution in [2.24, 2.45) is 0 Å². The predicted molar refractivity (Wildman–Crippen MR) is 177 cm³/mol. The fourth-order valence-electron chi connectivity index (χ4n) is 5.34. The summed E-state index contributed by atoms with van der Waals surface area (Å²) < 4.78 is 53.0. The minimum Gasteiger partial charge on any atom is -0.306 e. The molecule has 0 aliphatic heterocycles. The zero-order chi connectivity index (χ0) is 31.9. The molecular formula is C39H34F4FeNP. The van der Waals surface area contributed by atoms with Crippen molar-refractivity contribution in [3.05, 3.63) is 194 Å². The Kier molecular flexibility index (Phi) is 13.5. The molecule has 1 atom stereocenters. The van der Waals surface area contributed by atoms with Crippen LogP contribution in [0.15, 0.2) is 97.1 Å². The molecule has 2 saturated carbocycles. The third kappa shape index (κ3) is 9.10. The van der Waals surface area contributed by atoms with Gasteiger partial charge in [-0.3, -0.25) is 0 Å². The van der Waals surface area contributed by atoms with E-state index in [1.165, 1.54) is 60.1 Å². The average Bonchev–Trinajstić information content (AvgIpc) is 3.74. The van der Waals surface area contributed by atoms with Gasteiger partial charge in [-0.05, 0) is 150 Å². The van der Waals surface area contributed by atoms with E-state index < -0.39 is 7.92 Å². The summed E-state index contributed by atoms with van der Waals surface area (Å²) in [4.78, 5) is 2.17. The van der Waals surface area contributed by atoms with Crippen molar-refractivity contribution in [1.29, 1.82) is 0 Å². The first kappa shape index (κ1) is 36.3. The second-order valence-electron chi connectivity index (χ2n) is 11.0. The molecule has 0 spiro atoms. The maximum Gasteiger partial charge on any atom is 0.123 e. The van der Waals surface area contributed by atoms with Crippen LogP contribution in [0.5, 0.6) is 0 Å². The van der Waals surface area contributed by atoms with Gasteiger partial charge in [0.2, 0.25) is 0 Å². The zero-order valence-corrected chi connectivity index (χ0v) is 27.7. The molecule has 2 fully saturated rings. The molecule has 10 radical (unpaired) electrons. The predicted octanol–water partition coefficient (Wildman–Crippen LogP) is 8.58. The van der Waals surface area contributed by atoms with Gasteiger partial charge in [0, 0.05) is 40.6 Å². The molecule has 0 amide bonds. The van der Waals surface area contributed by atoms with E-state index in [2.05, 4.69) is 45.2 Å². The number of benzene rings is 4. The maximum atomic E-state index is 13.4. The Bertz CT molecular complexity index is 1380. The molecule has 2 aliphatic carbocycles. The molecule has 0 unspecified atom stereocenters. The van der Waals surface area contributed by atoms with E-state index in [0.29, 0.717) is 0 Å². The molecule has 0 saturated heterocycles. The fourth-order valence-corrected chi connectivity index (χ4v) is 7.84. The van der Waals surface area contributed by atoms with Crippen molar-refractivity contribution in [3.8, 4) is 0 Å². The van der Waals surface area contributed by atoms with Gasteiger partial charge in [0.15, 0.2) is 0 Å². The Morgan fingerprint density at radius 1 is 0.522 bits per heavy atom. The van der Waals surface area contributed by atoms with Gasteiger partial charge in [-0.25, -0.2) is 17.6 Å². The van der Waals surface area contributed by atoms with Crippen LogP contribution in [0.2, 0.25) is 0 Å². The van der Waals surface area contributed by atoms with Crippen molar-refractivity contribution < 1.29 is 34.6 Å². The Morgan fingerprint density at radius 3 is 1.30 bits per heavy atom. The Balaban J connectivity index is 0.000000209. The molecular weight excluding hydrogens is 645 g/mol. The molecule has 4 aromatic rings. The van der Waals surface area contributed by atoms with Gasteiger partial charge in [-0.1, -0.05) is 48.5 Å². The first-order chi connectivity index (χ1) is 21.7. The molecule has 0 heterocycles. The molecule has 1 nitrogen and oxygen atoms in total. The van der Waals surface area contributed by atoms with Crippen LogP contribution in [0.3, 0.4) is 0 Å². The Labute approximate surface area is 284 Å². The minimum absolute atomic E-state index is 0. The van der Waals surface area contributed by atoms with Crippen LogP contribution in [-0.4, -0.2) is 25.0 Å². The van der Waals surface area contributed by atoms with Gasteiger partial charge in [-0.15, -0.1) is 0 Å². The molecule has 0 bridgehead atoms. The topological polar surface area (TPSA) is 3.24 Å². The van der Waals surface area contributed by atoms with Crippen molar-refractivity contribution >= 4 is 18.5 Å². The summed E-state index contributed by atoms with van der Waals surface area (Å²) in [6.07, 6.45) is 14.3. The van der Waals surface area contributed by atoms with Gasteiger partial charge in [0.1, 0.15) is 23.3 Å². The molecule has 7 heteroatoms. The van der Waals surface area contributed by atoms with E-state index >= 15 is 0 Å². The third-order valence-electron chi connectivity index (χ3n) is 7.89. The molecule has 0 N–H and O–H groups in total. The van der Waals surface area contributed by atoms with E-state index in [0.717, 1.165) is 27.7 Å². The van der Waals surface area contributed by atoms with Crippen LogP contribution < -0.4 is 10.6 Å². The summed E-state index contributed by atoms with van der Waals surface area (Å²) in [5.41, 5.74) is 3.21. The van der Waals surface area contributed by atoms with Gasteiger partial charge in [0.05, 0.1) is 0 Å². The number of halogens is 4. The monoisotopic (exact) mass is 679 g/mol. The molecule has 46 heavy (non-hydrogen) atoms. The third-order valence-corrected chi connectivity index (χ3v) is 10.4. The summed E-state index contributed by atoms with van der Waals surface area (Å²) in [5.74, 6) is 1.35. The van der Waals surface area contributed by atoms with Gasteiger partial charge < -0.3 is 4.90 Å². The van der Waals surface area contributed by atoms with Crippen LogP contribution in [0.4, 0.5) is 17.6 Å². The molecule has 236 valence electrons. The van der Waals surface area contributed by atoms with E-state index in [9.17, 15) is 17.6 Å². The number of rotatable bonds is 8. The molecule has 0 aromatic heterocycles. The van der Waals surface area contributed by atoms with Crippen molar-refractivity contribution in [1.82, 2.24) is 4.90 Å². The second kappa shape index (κ2) is 17.1. The standard InChI is InChI=1S/C21H21F2NP.C18H13F2.Fe/c1-15(24(2)3)20-5-4-6-21(20)25(18-11-7-16(22)8-12-18)19-13-9-17(23)10-14-19;19-16-9-5-14(6-10-16)18(13-3-1-2-4-13)15-7-11-17(20)12-8-15;/h4-15H,1-3H3;1-12,18H;/t15-;;/m1../s1. The first-order valence-corrected chi connectivity index (χ1v) is 16.0. The summed E-state index contributed by atoms with van der Waals surface area (Å²) in [6.45, 7) is 2.17. The van der Waals surface area contributed by atoms with E-state index in [4.69, 9.17) is 0 Å². The SMILES string of the molecule is C[C@H]([C]1[CH][CH][CH][C]1P(c1ccc(F)cc1)c1ccc(F)cc1)N(C)C.Fc1ccc(C([C]2[CH][CH][CH][CH]2)c2ccc(F)cc2)cc1.[Fe]. The molecule has 4 aromatic carbocycles. The minimum atomic E-state index is -0.872. The summed E-state index contributed by atoms with van der Waals surface area (Å²) >= 11 is 0. The van der Waals surface area contributed by atoms with Gasteiger partial charge >= 0.3 is 0 Å². The number of nitrogens with zero attached hydrogens (tertiary/aromatic N) is 1. The van der Waals surface area contributed by atoms with E-state index in [1.807, 2.05) is 49.9 Å². The smallest absolute Gasteiger partial charge is 0.123 e. The Morgan fingerprint density at radius 2 is 0.913 bits per heavy atom. The van der Waals surface area contributed by atoms with E-state index in [-0.39, 0.29) is 52.3 Å². The van der Waals surface area contributed by atoms with Gasteiger partial charge in [0.25, 0.3) is 0 Å². The number of hydrogen-bond donors (Lipinski definition) is 0. The van der Waals surface area contributed by atoms with Crippen molar-refractivity contribution in [2.45, 2.75) is 18.9 Å². The van der Waals surface area contributed by atoms with Crippen LogP contribution in [0, 0.1) is 85.7 Å². The summed E-state index contributed by atoms with van der Waals surface area (Å²) in [5, 5.41) is 2.11. The fraction of sp³-hybridized carbons (Fsp3) is 0.128. The van der Waals surface area contributed by atoms with Crippen LogP contribution in [0.25, 0.3) is 0 Å². The number of hydrogen-bond acceptors (Lipinski definition) is 1. The van der Waals surface area contributed by atoms with Gasteiger partial charge in [-0.2, -0.15) is 0 Å². The summed E-state index contributed by atoms with van der Waals surface area (Å²) in [7, 11) is 3.24. The van der Waals surface area contributed by atoms with Crippen LogP contribution >= 0.6 is 7.92 Å². The van der Waals surface area contributed by atoms with Crippen molar-refractivity contribution in [3.63, 3.8) is 0 Å². The van der Waals surface area contributed by atoms with Crippen LogP contribution in [0.1, 0.15) is 24.0 Å². The van der Waals surface area contributed by atoms with Crippen LogP contribution in [-0.2, 0) is 17.1 Å². The van der Waals surface area contributed by atoms with E-state index in [1.54, 1.807) is 24.3 Å². The first-order valence-electron chi connectivity index (χ1n) is 14.7. The zero-order valence-electron chi connectivity index (χ0n) is 25.7. The van der Waals surface area contributed by atoms with Crippen molar-refractivity contribution in [2.75, 3.05) is 14.1 Å². The second-order valence-corrected chi connectivity index (χ2v) is 13.2.